The summed E-state index contributed by atoms with van der Waals surface area (Å²) in [7, 11) is 0. The first-order valence-corrected chi connectivity index (χ1v) is 8.00. The van der Waals surface area contributed by atoms with E-state index in [1.807, 2.05) is 4.68 Å². The fraction of sp³-hybridized carbons (Fsp3) is 0.714. The normalized spacial score (nSPS) is 11.1. The average molecular weight is 345 g/mol. The van der Waals surface area contributed by atoms with Crippen molar-refractivity contribution >= 4 is 21.8 Å². The zero-order valence-electron chi connectivity index (χ0n) is 12.8. The van der Waals surface area contributed by atoms with Gasteiger partial charge in [0.15, 0.2) is 0 Å². The van der Waals surface area contributed by atoms with Crippen molar-refractivity contribution in [1.29, 1.82) is 0 Å². The molecule has 0 aliphatic rings. The first-order chi connectivity index (χ1) is 9.49. The number of halogens is 1. The van der Waals surface area contributed by atoms with Crippen LogP contribution in [0.3, 0.4) is 0 Å². The van der Waals surface area contributed by atoms with Crippen LogP contribution < -0.4 is 10.6 Å². The summed E-state index contributed by atoms with van der Waals surface area (Å²) in [5, 5.41) is 10.6. The summed E-state index contributed by atoms with van der Waals surface area (Å²) in [6, 6.07) is 0. The van der Waals surface area contributed by atoms with Gasteiger partial charge in [-0.05, 0) is 35.2 Å². The molecule has 20 heavy (non-hydrogen) atoms. The molecular formula is C14H25BrN4O. The van der Waals surface area contributed by atoms with Crippen LogP contribution in [0.2, 0.25) is 0 Å². The second-order valence-electron chi connectivity index (χ2n) is 5.18. The minimum atomic E-state index is 0.0353. The van der Waals surface area contributed by atoms with E-state index in [-0.39, 0.29) is 5.91 Å². The summed E-state index contributed by atoms with van der Waals surface area (Å²) < 4.78 is 3.03. The summed E-state index contributed by atoms with van der Waals surface area (Å²) in [6.07, 6.45) is 0.898. The Labute approximate surface area is 129 Å². The van der Waals surface area contributed by atoms with E-state index in [1.165, 1.54) is 0 Å². The molecule has 1 amide bonds. The van der Waals surface area contributed by atoms with Crippen molar-refractivity contribution in [1.82, 2.24) is 20.4 Å². The fourth-order valence-electron chi connectivity index (χ4n) is 1.86. The molecule has 0 unspecified atom stereocenters. The SMILES string of the molecule is CCc1nn(CC)c(CNCC(=O)NCC(C)C)c1Br. The van der Waals surface area contributed by atoms with Crippen LogP contribution >= 0.6 is 15.9 Å². The molecule has 0 saturated heterocycles. The second-order valence-corrected chi connectivity index (χ2v) is 5.97. The zero-order valence-corrected chi connectivity index (χ0v) is 14.4. The number of rotatable bonds is 8. The van der Waals surface area contributed by atoms with Gasteiger partial charge in [-0.25, -0.2) is 0 Å². The van der Waals surface area contributed by atoms with Gasteiger partial charge in [0.05, 0.1) is 22.4 Å². The molecule has 0 spiro atoms. The molecular weight excluding hydrogens is 320 g/mol. The Morgan fingerprint density at radius 2 is 2.10 bits per heavy atom. The number of carbonyl (C=O) groups excluding carboxylic acids is 1. The molecule has 6 heteroatoms. The number of nitrogens with one attached hydrogen (secondary N) is 2. The molecule has 1 rings (SSSR count). The van der Waals surface area contributed by atoms with E-state index < -0.39 is 0 Å². The van der Waals surface area contributed by atoms with Gasteiger partial charge < -0.3 is 10.6 Å². The van der Waals surface area contributed by atoms with E-state index in [1.54, 1.807) is 0 Å². The van der Waals surface area contributed by atoms with Gasteiger partial charge in [0.2, 0.25) is 5.91 Å². The Morgan fingerprint density at radius 3 is 2.65 bits per heavy atom. The first kappa shape index (κ1) is 17.2. The van der Waals surface area contributed by atoms with Crippen molar-refractivity contribution in [2.45, 2.75) is 47.2 Å². The minimum absolute atomic E-state index is 0.0353. The monoisotopic (exact) mass is 344 g/mol. The number of carbonyl (C=O) groups is 1. The van der Waals surface area contributed by atoms with E-state index in [0.717, 1.165) is 35.4 Å². The van der Waals surface area contributed by atoms with Crippen molar-refractivity contribution < 1.29 is 4.79 Å². The number of hydrogen-bond acceptors (Lipinski definition) is 3. The quantitative estimate of drug-likeness (QED) is 0.759. The van der Waals surface area contributed by atoms with Crippen LogP contribution in [0.15, 0.2) is 4.47 Å². The van der Waals surface area contributed by atoms with E-state index in [2.05, 4.69) is 59.4 Å². The smallest absolute Gasteiger partial charge is 0.233 e. The van der Waals surface area contributed by atoms with Crippen LogP contribution in [0.4, 0.5) is 0 Å². The standard InChI is InChI=1S/C14H25BrN4O/c1-5-11-14(15)12(19(6-2)18-11)8-16-9-13(20)17-7-10(3)4/h10,16H,5-9H2,1-4H3,(H,17,20). The molecule has 0 atom stereocenters. The van der Waals surface area contributed by atoms with Gasteiger partial charge in [0, 0.05) is 19.6 Å². The van der Waals surface area contributed by atoms with Gasteiger partial charge in [-0.2, -0.15) is 5.10 Å². The average Bonchev–Trinajstić information content (AvgIpc) is 2.73. The van der Waals surface area contributed by atoms with Crippen LogP contribution in [-0.2, 0) is 24.3 Å². The predicted octanol–water partition coefficient (Wildman–Crippen LogP) is 2.09. The third-order valence-corrected chi connectivity index (χ3v) is 3.89. The molecule has 0 aliphatic carbocycles. The zero-order chi connectivity index (χ0) is 15.1. The number of hydrogen-bond donors (Lipinski definition) is 2. The lowest BCUT2D eigenvalue weighted by Gasteiger charge is -2.09. The van der Waals surface area contributed by atoms with Gasteiger partial charge in [-0.3, -0.25) is 9.48 Å². The maximum Gasteiger partial charge on any atom is 0.233 e. The Bertz CT molecular complexity index is 443. The molecule has 1 aromatic heterocycles. The van der Waals surface area contributed by atoms with E-state index in [4.69, 9.17) is 0 Å². The summed E-state index contributed by atoms with van der Waals surface area (Å²) in [5.41, 5.74) is 2.16. The number of aromatic nitrogens is 2. The highest BCUT2D eigenvalue weighted by Gasteiger charge is 2.13. The van der Waals surface area contributed by atoms with Gasteiger partial charge in [-0.15, -0.1) is 0 Å². The minimum Gasteiger partial charge on any atom is -0.355 e. The van der Waals surface area contributed by atoms with Gasteiger partial charge in [0.25, 0.3) is 0 Å². The number of amides is 1. The third kappa shape index (κ3) is 4.90. The Balaban J connectivity index is 2.49. The molecule has 1 heterocycles. The summed E-state index contributed by atoms with van der Waals surface area (Å²) in [4.78, 5) is 11.6. The molecule has 2 N–H and O–H groups in total. The van der Waals surface area contributed by atoms with Crippen LogP contribution in [0.25, 0.3) is 0 Å². The van der Waals surface area contributed by atoms with E-state index >= 15 is 0 Å². The number of aryl methyl sites for hydroxylation is 2. The number of nitrogens with zero attached hydrogens (tertiary/aromatic N) is 2. The van der Waals surface area contributed by atoms with E-state index in [9.17, 15) is 4.79 Å². The Morgan fingerprint density at radius 1 is 1.40 bits per heavy atom. The van der Waals surface area contributed by atoms with E-state index in [0.29, 0.717) is 19.0 Å². The van der Waals surface area contributed by atoms with Crippen LogP contribution in [0.5, 0.6) is 0 Å². The molecule has 0 radical (unpaired) electrons. The highest BCUT2D eigenvalue weighted by atomic mass is 79.9. The largest absolute Gasteiger partial charge is 0.355 e. The van der Waals surface area contributed by atoms with Gasteiger partial charge >= 0.3 is 0 Å². The maximum atomic E-state index is 11.6. The third-order valence-electron chi connectivity index (χ3n) is 2.98. The van der Waals surface area contributed by atoms with Gasteiger partial charge in [0.1, 0.15) is 0 Å². The first-order valence-electron chi connectivity index (χ1n) is 7.21. The lowest BCUT2D eigenvalue weighted by atomic mass is 10.2. The summed E-state index contributed by atoms with van der Waals surface area (Å²) in [6.45, 7) is 10.8. The molecule has 0 saturated carbocycles. The lowest BCUT2D eigenvalue weighted by Crippen LogP contribution is -2.35. The van der Waals surface area contributed by atoms with Crippen LogP contribution in [-0.4, -0.2) is 28.8 Å². The molecule has 0 aromatic carbocycles. The second kappa shape index (κ2) is 8.42. The molecule has 0 fully saturated rings. The van der Waals surface area contributed by atoms with Crippen LogP contribution in [0.1, 0.15) is 39.1 Å². The summed E-state index contributed by atoms with van der Waals surface area (Å²) in [5.74, 6) is 0.509. The van der Waals surface area contributed by atoms with Crippen LogP contribution in [0, 0.1) is 5.92 Å². The van der Waals surface area contributed by atoms with Gasteiger partial charge in [-0.1, -0.05) is 20.8 Å². The molecule has 0 bridgehead atoms. The molecule has 114 valence electrons. The lowest BCUT2D eigenvalue weighted by molar-refractivity contribution is -0.120. The highest BCUT2D eigenvalue weighted by Crippen LogP contribution is 2.22. The Hall–Kier alpha value is -0.880. The van der Waals surface area contributed by atoms with Crippen molar-refractivity contribution in [3.63, 3.8) is 0 Å². The fourth-order valence-corrected chi connectivity index (χ4v) is 2.57. The molecule has 5 nitrogen and oxygen atoms in total. The molecule has 0 aliphatic heterocycles. The van der Waals surface area contributed by atoms with Crippen molar-refractivity contribution in [2.75, 3.05) is 13.1 Å². The van der Waals surface area contributed by atoms with Crippen molar-refractivity contribution in [3.05, 3.63) is 15.9 Å². The topological polar surface area (TPSA) is 59.0 Å². The highest BCUT2D eigenvalue weighted by molar-refractivity contribution is 9.10. The molecule has 1 aromatic rings. The summed E-state index contributed by atoms with van der Waals surface area (Å²) >= 11 is 3.60. The van der Waals surface area contributed by atoms with Crippen molar-refractivity contribution in [2.24, 2.45) is 5.92 Å². The Kier molecular flexibility index (Phi) is 7.23. The van der Waals surface area contributed by atoms with Crippen molar-refractivity contribution in [3.8, 4) is 0 Å². The maximum absolute atomic E-state index is 11.6. The predicted molar refractivity (Wildman–Crippen MR) is 84.5 cm³/mol.